The molecule has 110 valence electrons. The highest BCUT2D eigenvalue weighted by molar-refractivity contribution is 5.92. The maximum Gasteiger partial charge on any atom is 0.244 e. The van der Waals surface area contributed by atoms with E-state index < -0.39 is 0 Å². The van der Waals surface area contributed by atoms with E-state index in [1.807, 2.05) is 61.5 Å². The second kappa shape index (κ2) is 6.31. The van der Waals surface area contributed by atoms with Gasteiger partial charge < -0.3 is 9.73 Å². The van der Waals surface area contributed by atoms with E-state index in [4.69, 9.17) is 4.42 Å². The summed E-state index contributed by atoms with van der Waals surface area (Å²) in [6.45, 7) is 2.56. The molecule has 0 radical (unpaired) electrons. The van der Waals surface area contributed by atoms with Crippen LogP contribution in [0.4, 0.5) is 0 Å². The first-order chi connectivity index (χ1) is 10.7. The van der Waals surface area contributed by atoms with Crippen molar-refractivity contribution in [1.82, 2.24) is 5.32 Å². The molecule has 2 aromatic carbocycles. The number of benzene rings is 2. The summed E-state index contributed by atoms with van der Waals surface area (Å²) in [4.78, 5) is 11.9. The van der Waals surface area contributed by atoms with E-state index in [1.54, 1.807) is 6.08 Å². The van der Waals surface area contributed by atoms with E-state index in [1.165, 1.54) is 11.6 Å². The SMILES string of the molecule is Cc1ccccc1CNC(=O)/C=C/c1cc2ccccc2o1. The van der Waals surface area contributed by atoms with Gasteiger partial charge in [-0.2, -0.15) is 0 Å². The molecule has 0 saturated heterocycles. The third-order valence-corrected chi connectivity index (χ3v) is 3.56. The van der Waals surface area contributed by atoms with Crippen molar-refractivity contribution in [3.63, 3.8) is 0 Å². The molecule has 1 N–H and O–H groups in total. The average molecular weight is 291 g/mol. The number of aryl methyl sites for hydroxylation is 1. The Kier molecular flexibility index (Phi) is 4.05. The lowest BCUT2D eigenvalue weighted by Crippen LogP contribution is -2.20. The molecule has 1 amide bonds. The van der Waals surface area contributed by atoms with E-state index in [0.29, 0.717) is 12.3 Å². The van der Waals surface area contributed by atoms with Gasteiger partial charge in [-0.3, -0.25) is 4.79 Å². The van der Waals surface area contributed by atoms with Gasteiger partial charge in [0.15, 0.2) is 0 Å². The van der Waals surface area contributed by atoms with Gasteiger partial charge >= 0.3 is 0 Å². The lowest BCUT2D eigenvalue weighted by atomic mass is 10.1. The molecule has 0 aliphatic carbocycles. The van der Waals surface area contributed by atoms with Crippen molar-refractivity contribution >= 4 is 23.0 Å². The van der Waals surface area contributed by atoms with Gasteiger partial charge in [0.25, 0.3) is 0 Å². The minimum absolute atomic E-state index is 0.135. The zero-order chi connectivity index (χ0) is 15.4. The van der Waals surface area contributed by atoms with Crippen LogP contribution in [-0.2, 0) is 11.3 Å². The standard InChI is InChI=1S/C19H17NO2/c1-14-6-2-3-8-16(14)13-20-19(21)11-10-17-12-15-7-4-5-9-18(15)22-17/h2-12H,13H2,1H3,(H,20,21)/b11-10+. The summed E-state index contributed by atoms with van der Waals surface area (Å²) in [6.07, 6.45) is 3.18. The normalized spacial score (nSPS) is 11.1. The maximum absolute atomic E-state index is 11.9. The van der Waals surface area contributed by atoms with Gasteiger partial charge in [-0.25, -0.2) is 0 Å². The van der Waals surface area contributed by atoms with E-state index in [2.05, 4.69) is 5.32 Å². The van der Waals surface area contributed by atoms with Crippen molar-refractivity contribution in [1.29, 1.82) is 0 Å². The van der Waals surface area contributed by atoms with Crippen molar-refractivity contribution in [3.8, 4) is 0 Å². The van der Waals surface area contributed by atoms with Gasteiger partial charge in [0.1, 0.15) is 11.3 Å². The Morgan fingerprint density at radius 2 is 1.91 bits per heavy atom. The molecule has 3 aromatic rings. The Morgan fingerprint density at radius 3 is 2.73 bits per heavy atom. The van der Waals surface area contributed by atoms with E-state index in [-0.39, 0.29) is 5.91 Å². The van der Waals surface area contributed by atoms with Crippen LogP contribution >= 0.6 is 0 Å². The number of fused-ring (bicyclic) bond motifs is 1. The summed E-state index contributed by atoms with van der Waals surface area (Å²) in [5.74, 6) is 0.538. The zero-order valence-electron chi connectivity index (χ0n) is 12.4. The molecule has 1 heterocycles. The number of carbonyl (C=O) groups is 1. The number of hydrogen-bond acceptors (Lipinski definition) is 2. The lowest BCUT2D eigenvalue weighted by Gasteiger charge is -2.05. The first-order valence-corrected chi connectivity index (χ1v) is 7.21. The topological polar surface area (TPSA) is 42.2 Å². The second-order valence-electron chi connectivity index (χ2n) is 5.16. The minimum Gasteiger partial charge on any atom is -0.457 e. The average Bonchev–Trinajstić information content (AvgIpc) is 2.95. The monoisotopic (exact) mass is 291 g/mol. The number of amides is 1. The molecule has 0 unspecified atom stereocenters. The summed E-state index contributed by atoms with van der Waals surface area (Å²) in [5, 5.41) is 3.91. The largest absolute Gasteiger partial charge is 0.457 e. The highest BCUT2D eigenvalue weighted by Gasteiger charge is 2.02. The number of rotatable bonds is 4. The fourth-order valence-corrected chi connectivity index (χ4v) is 2.29. The van der Waals surface area contributed by atoms with Gasteiger partial charge in [0, 0.05) is 18.0 Å². The molecule has 22 heavy (non-hydrogen) atoms. The van der Waals surface area contributed by atoms with Crippen LogP contribution in [0.15, 0.2) is 65.1 Å². The quantitative estimate of drug-likeness (QED) is 0.736. The van der Waals surface area contributed by atoms with Crippen LogP contribution in [0.3, 0.4) is 0 Å². The second-order valence-corrected chi connectivity index (χ2v) is 5.16. The number of nitrogens with one attached hydrogen (secondary N) is 1. The highest BCUT2D eigenvalue weighted by Crippen LogP contribution is 2.19. The number of furan rings is 1. The smallest absolute Gasteiger partial charge is 0.244 e. The maximum atomic E-state index is 11.9. The number of hydrogen-bond donors (Lipinski definition) is 1. The molecular formula is C19H17NO2. The highest BCUT2D eigenvalue weighted by atomic mass is 16.3. The molecule has 0 bridgehead atoms. The van der Waals surface area contributed by atoms with Crippen LogP contribution in [0, 0.1) is 6.92 Å². The molecule has 0 fully saturated rings. The fraction of sp³-hybridized carbons (Fsp3) is 0.105. The van der Waals surface area contributed by atoms with E-state index in [0.717, 1.165) is 16.5 Å². The number of carbonyl (C=O) groups excluding carboxylic acids is 1. The van der Waals surface area contributed by atoms with E-state index >= 15 is 0 Å². The van der Waals surface area contributed by atoms with Crippen molar-refractivity contribution in [2.24, 2.45) is 0 Å². The Balaban J connectivity index is 1.62. The van der Waals surface area contributed by atoms with Crippen LogP contribution in [0.25, 0.3) is 17.0 Å². The van der Waals surface area contributed by atoms with Crippen LogP contribution in [-0.4, -0.2) is 5.91 Å². The summed E-state index contributed by atoms with van der Waals surface area (Å²) < 4.78 is 5.63. The predicted molar refractivity (Wildman–Crippen MR) is 88.3 cm³/mol. The van der Waals surface area contributed by atoms with Crippen molar-refractivity contribution < 1.29 is 9.21 Å². The molecule has 1 aromatic heterocycles. The van der Waals surface area contributed by atoms with Gasteiger partial charge in [-0.1, -0.05) is 42.5 Å². The molecule has 3 nitrogen and oxygen atoms in total. The first kappa shape index (κ1) is 14.1. The molecule has 3 rings (SSSR count). The molecule has 3 heteroatoms. The summed E-state index contributed by atoms with van der Waals surface area (Å²) >= 11 is 0. The van der Waals surface area contributed by atoms with Crippen molar-refractivity contribution in [2.75, 3.05) is 0 Å². The van der Waals surface area contributed by atoms with Crippen LogP contribution in [0.5, 0.6) is 0 Å². The van der Waals surface area contributed by atoms with Crippen LogP contribution in [0.1, 0.15) is 16.9 Å². The van der Waals surface area contributed by atoms with Gasteiger partial charge in [-0.05, 0) is 36.3 Å². The Bertz CT molecular complexity index is 797. The molecule has 0 spiro atoms. The third kappa shape index (κ3) is 3.26. The molecular weight excluding hydrogens is 274 g/mol. The fourth-order valence-electron chi connectivity index (χ4n) is 2.29. The Hall–Kier alpha value is -2.81. The summed E-state index contributed by atoms with van der Waals surface area (Å²) in [5.41, 5.74) is 3.11. The molecule has 0 aliphatic rings. The van der Waals surface area contributed by atoms with Gasteiger partial charge in [0.2, 0.25) is 5.91 Å². The van der Waals surface area contributed by atoms with E-state index in [9.17, 15) is 4.79 Å². The number of para-hydroxylation sites is 1. The molecule has 0 saturated carbocycles. The zero-order valence-corrected chi connectivity index (χ0v) is 12.4. The molecule has 0 atom stereocenters. The predicted octanol–water partition coefficient (Wildman–Crippen LogP) is 4.07. The molecule has 0 aliphatic heterocycles. The minimum atomic E-state index is -0.135. The van der Waals surface area contributed by atoms with Gasteiger partial charge in [-0.15, -0.1) is 0 Å². The third-order valence-electron chi connectivity index (χ3n) is 3.56. The summed E-state index contributed by atoms with van der Waals surface area (Å²) in [6, 6.07) is 17.7. The summed E-state index contributed by atoms with van der Waals surface area (Å²) in [7, 11) is 0. The van der Waals surface area contributed by atoms with Crippen LogP contribution < -0.4 is 5.32 Å². The van der Waals surface area contributed by atoms with Gasteiger partial charge in [0.05, 0.1) is 0 Å². The van der Waals surface area contributed by atoms with Crippen LogP contribution in [0.2, 0.25) is 0 Å². The Morgan fingerprint density at radius 1 is 1.14 bits per heavy atom. The Labute approximate surface area is 129 Å². The lowest BCUT2D eigenvalue weighted by molar-refractivity contribution is -0.116. The first-order valence-electron chi connectivity index (χ1n) is 7.21. The van der Waals surface area contributed by atoms with Crippen molar-refractivity contribution in [3.05, 3.63) is 77.6 Å². The van der Waals surface area contributed by atoms with Crippen molar-refractivity contribution in [2.45, 2.75) is 13.5 Å².